The molecular formula is C27H33N5O. The fourth-order valence-electron chi connectivity index (χ4n) is 3.97. The third kappa shape index (κ3) is 6.33. The number of nitrogens with one attached hydrogen (secondary N) is 2. The smallest absolute Gasteiger partial charge is 0.323 e. The van der Waals surface area contributed by atoms with E-state index in [0.717, 1.165) is 49.9 Å². The Balaban J connectivity index is 1.24. The number of piperazine rings is 1. The van der Waals surface area contributed by atoms with Crippen molar-refractivity contribution in [3.05, 3.63) is 84.1 Å². The van der Waals surface area contributed by atoms with Gasteiger partial charge in [-0.25, -0.2) is 9.78 Å². The number of anilines is 3. The second kappa shape index (κ2) is 10.0. The Labute approximate surface area is 196 Å². The van der Waals surface area contributed by atoms with Gasteiger partial charge < -0.3 is 15.5 Å². The van der Waals surface area contributed by atoms with Crippen molar-refractivity contribution in [2.45, 2.75) is 32.7 Å². The minimum atomic E-state index is -0.239. The van der Waals surface area contributed by atoms with Crippen LogP contribution in [0.2, 0.25) is 0 Å². The van der Waals surface area contributed by atoms with Gasteiger partial charge in [-0.1, -0.05) is 51.1 Å². The van der Waals surface area contributed by atoms with Crippen LogP contribution in [-0.4, -0.2) is 42.1 Å². The summed E-state index contributed by atoms with van der Waals surface area (Å²) in [4.78, 5) is 21.6. The number of hydrogen-bond donors (Lipinski definition) is 2. The Hall–Kier alpha value is -3.38. The lowest BCUT2D eigenvalue weighted by molar-refractivity contribution is 0.249. The summed E-state index contributed by atoms with van der Waals surface area (Å²) in [6.45, 7) is 11.4. The van der Waals surface area contributed by atoms with Crippen LogP contribution in [0.1, 0.15) is 31.9 Å². The Morgan fingerprint density at radius 3 is 2.00 bits per heavy atom. The first-order chi connectivity index (χ1) is 15.9. The lowest BCUT2D eigenvalue weighted by Gasteiger charge is -2.35. The highest BCUT2D eigenvalue weighted by atomic mass is 16.2. The van der Waals surface area contributed by atoms with Crippen LogP contribution in [0.5, 0.6) is 0 Å². The summed E-state index contributed by atoms with van der Waals surface area (Å²) in [5.41, 5.74) is 4.13. The predicted octanol–water partition coefficient (Wildman–Crippen LogP) is 5.35. The van der Waals surface area contributed by atoms with Gasteiger partial charge in [0, 0.05) is 50.3 Å². The molecule has 1 aliphatic heterocycles. The number of carbonyl (C=O) groups is 1. The largest absolute Gasteiger partial charge is 0.354 e. The Kier molecular flexibility index (Phi) is 6.94. The third-order valence-electron chi connectivity index (χ3n) is 5.97. The average molecular weight is 444 g/mol. The van der Waals surface area contributed by atoms with Crippen molar-refractivity contribution in [3.63, 3.8) is 0 Å². The number of amides is 2. The van der Waals surface area contributed by atoms with Crippen LogP contribution >= 0.6 is 0 Å². The first-order valence-corrected chi connectivity index (χ1v) is 11.5. The van der Waals surface area contributed by atoms with Crippen molar-refractivity contribution in [1.29, 1.82) is 0 Å². The molecule has 0 radical (unpaired) electrons. The van der Waals surface area contributed by atoms with Gasteiger partial charge in [0.05, 0.1) is 0 Å². The summed E-state index contributed by atoms with van der Waals surface area (Å²) < 4.78 is 0. The summed E-state index contributed by atoms with van der Waals surface area (Å²) in [6, 6.07) is 21.9. The van der Waals surface area contributed by atoms with E-state index in [2.05, 4.69) is 76.5 Å². The van der Waals surface area contributed by atoms with Gasteiger partial charge in [0.1, 0.15) is 5.82 Å². The SMILES string of the molecule is CC(C)(C)c1ccc(NC(=O)Nc2ccc(CN3CCN(c4ccccn4)CC3)cc2)cc1. The second-order valence-electron chi connectivity index (χ2n) is 9.55. The van der Waals surface area contributed by atoms with Crippen LogP contribution in [0.25, 0.3) is 0 Å². The quantitative estimate of drug-likeness (QED) is 0.558. The first kappa shape index (κ1) is 22.8. The zero-order valence-corrected chi connectivity index (χ0v) is 19.7. The summed E-state index contributed by atoms with van der Waals surface area (Å²) in [7, 11) is 0. The standard InChI is InChI=1S/C27H33N5O/c1-27(2,3)22-9-13-24(14-10-22)30-26(33)29-23-11-7-21(8-12-23)20-31-16-18-32(19-17-31)25-6-4-5-15-28-25/h4-15H,16-20H2,1-3H3,(H2,29,30,33). The molecule has 0 unspecified atom stereocenters. The van der Waals surface area contributed by atoms with E-state index in [4.69, 9.17) is 0 Å². The molecule has 0 spiro atoms. The normalized spacial score (nSPS) is 14.7. The molecule has 4 rings (SSSR count). The molecule has 3 aromatic rings. The molecule has 0 aliphatic carbocycles. The monoisotopic (exact) mass is 443 g/mol. The fourth-order valence-corrected chi connectivity index (χ4v) is 3.97. The van der Waals surface area contributed by atoms with E-state index in [-0.39, 0.29) is 11.4 Å². The highest BCUT2D eigenvalue weighted by molar-refractivity contribution is 5.99. The minimum absolute atomic E-state index is 0.0925. The summed E-state index contributed by atoms with van der Waals surface area (Å²) in [5.74, 6) is 1.05. The Morgan fingerprint density at radius 2 is 1.45 bits per heavy atom. The van der Waals surface area contributed by atoms with Crippen molar-refractivity contribution in [2.75, 3.05) is 41.7 Å². The van der Waals surface area contributed by atoms with Gasteiger partial charge in [0.25, 0.3) is 0 Å². The van der Waals surface area contributed by atoms with E-state index >= 15 is 0 Å². The molecule has 2 N–H and O–H groups in total. The lowest BCUT2D eigenvalue weighted by Crippen LogP contribution is -2.46. The maximum atomic E-state index is 12.4. The van der Waals surface area contributed by atoms with Crippen LogP contribution < -0.4 is 15.5 Å². The minimum Gasteiger partial charge on any atom is -0.354 e. The van der Waals surface area contributed by atoms with E-state index in [0.29, 0.717) is 0 Å². The molecule has 1 saturated heterocycles. The van der Waals surface area contributed by atoms with E-state index in [1.165, 1.54) is 11.1 Å². The molecule has 0 saturated carbocycles. The number of urea groups is 1. The van der Waals surface area contributed by atoms with Crippen LogP contribution in [0.4, 0.5) is 22.0 Å². The number of rotatable bonds is 5. The molecular weight excluding hydrogens is 410 g/mol. The molecule has 1 fully saturated rings. The number of hydrogen-bond acceptors (Lipinski definition) is 4. The molecule has 33 heavy (non-hydrogen) atoms. The Morgan fingerprint density at radius 1 is 0.848 bits per heavy atom. The summed E-state index contributed by atoms with van der Waals surface area (Å²) >= 11 is 0. The number of benzene rings is 2. The first-order valence-electron chi connectivity index (χ1n) is 11.5. The third-order valence-corrected chi connectivity index (χ3v) is 5.97. The maximum Gasteiger partial charge on any atom is 0.323 e. The number of pyridine rings is 1. The van der Waals surface area contributed by atoms with E-state index in [9.17, 15) is 4.79 Å². The number of aromatic nitrogens is 1. The van der Waals surface area contributed by atoms with Crippen molar-refractivity contribution in [3.8, 4) is 0 Å². The molecule has 2 amide bonds. The van der Waals surface area contributed by atoms with Gasteiger partial charge in [0.15, 0.2) is 0 Å². The van der Waals surface area contributed by atoms with Gasteiger partial charge in [-0.2, -0.15) is 0 Å². The number of nitrogens with zero attached hydrogens (tertiary/aromatic N) is 3. The molecule has 2 aromatic carbocycles. The molecule has 1 aliphatic rings. The predicted molar refractivity (Wildman–Crippen MR) is 136 cm³/mol. The van der Waals surface area contributed by atoms with Gasteiger partial charge in [-0.05, 0) is 52.9 Å². The highest BCUT2D eigenvalue weighted by Crippen LogP contribution is 2.23. The lowest BCUT2D eigenvalue weighted by atomic mass is 9.87. The van der Waals surface area contributed by atoms with E-state index in [1.54, 1.807) is 0 Å². The molecule has 2 heterocycles. The van der Waals surface area contributed by atoms with Crippen LogP contribution in [0.15, 0.2) is 72.9 Å². The zero-order valence-electron chi connectivity index (χ0n) is 19.7. The van der Waals surface area contributed by atoms with Gasteiger partial charge in [-0.3, -0.25) is 4.90 Å². The van der Waals surface area contributed by atoms with Crippen molar-refractivity contribution in [1.82, 2.24) is 9.88 Å². The fraction of sp³-hybridized carbons (Fsp3) is 0.333. The molecule has 1 aromatic heterocycles. The molecule has 0 atom stereocenters. The average Bonchev–Trinajstić information content (AvgIpc) is 2.81. The summed E-state index contributed by atoms with van der Waals surface area (Å²) in [5, 5.41) is 5.81. The Bertz CT molecular complexity index is 1030. The summed E-state index contributed by atoms with van der Waals surface area (Å²) in [6.07, 6.45) is 1.85. The molecule has 6 nitrogen and oxygen atoms in total. The maximum absolute atomic E-state index is 12.4. The van der Waals surface area contributed by atoms with Gasteiger partial charge in [-0.15, -0.1) is 0 Å². The van der Waals surface area contributed by atoms with E-state index in [1.807, 2.05) is 42.6 Å². The van der Waals surface area contributed by atoms with E-state index < -0.39 is 0 Å². The van der Waals surface area contributed by atoms with Gasteiger partial charge >= 0.3 is 6.03 Å². The molecule has 0 bridgehead atoms. The molecule has 6 heteroatoms. The van der Waals surface area contributed by atoms with Crippen LogP contribution in [-0.2, 0) is 12.0 Å². The zero-order chi connectivity index (χ0) is 23.3. The molecule has 172 valence electrons. The topological polar surface area (TPSA) is 60.5 Å². The van der Waals surface area contributed by atoms with Crippen molar-refractivity contribution in [2.24, 2.45) is 0 Å². The van der Waals surface area contributed by atoms with Crippen molar-refractivity contribution < 1.29 is 4.79 Å². The number of carbonyl (C=O) groups excluding carboxylic acids is 1. The second-order valence-corrected chi connectivity index (χ2v) is 9.55. The van der Waals surface area contributed by atoms with Gasteiger partial charge in [0.2, 0.25) is 0 Å². The van der Waals surface area contributed by atoms with Crippen molar-refractivity contribution >= 4 is 23.2 Å². The van der Waals surface area contributed by atoms with Crippen LogP contribution in [0.3, 0.4) is 0 Å². The highest BCUT2D eigenvalue weighted by Gasteiger charge is 2.18. The van der Waals surface area contributed by atoms with Crippen LogP contribution in [0, 0.1) is 0 Å².